The van der Waals surface area contributed by atoms with E-state index in [2.05, 4.69) is 10.3 Å². The van der Waals surface area contributed by atoms with Crippen molar-refractivity contribution in [1.82, 2.24) is 4.98 Å². The van der Waals surface area contributed by atoms with E-state index in [1.807, 2.05) is 0 Å². The number of carbonyl (C=O) groups excluding carboxylic acids is 1. The van der Waals surface area contributed by atoms with Crippen LogP contribution in [0.5, 0.6) is 0 Å². The molecule has 0 spiro atoms. The standard InChI is InChI=1S/C12H9FN2OS/c13-10-4-1-9(2-5-10)3-6-11(16)15-12-14-7-8-17-12/h1-8H,(H,14,15,16)/b6-3+. The summed E-state index contributed by atoms with van der Waals surface area (Å²) in [5.41, 5.74) is 0.765. The molecule has 1 aromatic carbocycles. The molecule has 17 heavy (non-hydrogen) atoms. The number of hydrogen-bond acceptors (Lipinski definition) is 3. The summed E-state index contributed by atoms with van der Waals surface area (Å²) in [6, 6.07) is 5.89. The fourth-order valence-corrected chi connectivity index (χ4v) is 1.71. The predicted molar refractivity (Wildman–Crippen MR) is 66.2 cm³/mol. The minimum absolute atomic E-state index is 0.260. The van der Waals surface area contributed by atoms with E-state index >= 15 is 0 Å². The Morgan fingerprint density at radius 2 is 2.12 bits per heavy atom. The maximum Gasteiger partial charge on any atom is 0.250 e. The maximum atomic E-state index is 12.6. The van der Waals surface area contributed by atoms with Crippen molar-refractivity contribution in [2.75, 3.05) is 5.32 Å². The minimum atomic E-state index is -0.297. The highest BCUT2D eigenvalue weighted by Crippen LogP contribution is 2.10. The van der Waals surface area contributed by atoms with Gasteiger partial charge in [-0.1, -0.05) is 12.1 Å². The molecule has 0 bridgehead atoms. The Morgan fingerprint density at radius 3 is 2.76 bits per heavy atom. The van der Waals surface area contributed by atoms with Crippen LogP contribution in [0.2, 0.25) is 0 Å². The van der Waals surface area contributed by atoms with Gasteiger partial charge in [0, 0.05) is 17.7 Å². The summed E-state index contributed by atoms with van der Waals surface area (Å²) >= 11 is 1.35. The molecular formula is C12H9FN2OS. The lowest BCUT2D eigenvalue weighted by Gasteiger charge is -1.95. The Labute approximate surface area is 102 Å². The number of hydrogen-bond donors (Lipinski definition) is 1. The smallest absolute Gasteiger partial charge is 0.250 e. The molecule has 1 aromatic heterocycles. The normalized spacial score (nSPS) is 10.6. The zero-order valence-electron chi connectivity index (χ0n) is 8.76. The second-order valence-electron chi connectivity index (χ2n) is 3.21. The van der Waals surface area contributed by atoms with Crippen LogP contribution in [-0.4, -0.2) is 10.9 Å². The van der Waals surface area contributed by atoms with Gasteiger partial charge in [0.25, 0.3) is 0 Å². The van der Waals surface area contributed by atoms with Gasteiger partial charge in [0.2, 0.25) is 5.91 Å². The Hall–Kier alpha value is -2.01. The van der Waals surface area contributed by atoms with Crippen molar-refractivity contribution in [2.24, 2.45) is 0 Å². The Kier molecular flexibility index (Phi) is 3.62. The lowest BCUT2D eigenvalue weighted by Crippen LogP contribution is -2.06. The molecule has 0 aliphatic carbocycles. The van der Waals surface area contributed by atoms with E-state index in [9.17, 15) is 9.18 Å². The number of amides is 1. The third-order valence-electron chi connectivity index (χ3n) is 1.96. The second-order valence-corrected chi connectivity index (χ2v) is 4.11. The van der Waals surface area contributed by atoms with Crippen molar-refractivity contribution in [3.05, 3.63) is 53.3 Å². The highest BCUT2D eigenvalue weighted by Gasteiger charge is 1.98. The van der Waals surface area contributed by atoms with E-state index in [4.69, 9.17) is 0 Å². The molecule has 0 fully saturated rings. The molecule has 0 aliphatic heterocycles. The molecule has 1 N–H and O–H groups in total. The van der Waals surface area contributed by atoms with Crippen LogP contribution in [0.15, 0.2) is 41.9 Å². The van der Waals surface area contributed by atoms with Crippen molar-refractivity contribution < 1.29 is 9.18 Å². The fourth-order valence-electron chi connectivity index (χ4n) is 1.18. The van der Waals surface area contributed by atoms with Crippen LogP contribution in [0, 0.1) is 5.82 Å². The Balaban J connectivity index is 1.96. The summed E-state index contributed by atoms with van der Waals surface area (Å²) < 4.78 is 12.6. The van der Waals surface area contributed by atoms with Gasteiger partial charge in [0.15, 0.2) is 5.13 Å². The Morgan fingerprint density at radius 1 is 1.35 bits per heavy atom. The van der Waals surface area contributed by atoms with Crippen LogP contribution < -0.4 is 5.32 Å². The molecule has 1 amide bonds. The number of rotatable bonds is 3. The van der Waals surface area contributed by atoms with Crippen LogP contribution in [-0.2, 0) is 4.79 Å². The molecule has 3 nitrogen and oxygen atoms in total. The van der Waals surface area contributed by atoms with E-state index < -0.39 is 0 Å². The number of nitrogens with one attached hydrogen (secondary N) is 1. The number of aromatic nitrogens is 1. The zero-order chi connectivity index (χ0) is 12.1. The summed E-state index contributed by atoms with van der Waals surface area (Å²) in [5.74, 6) is -0.557. The topological polar surface area (TPSA) is 42.0 Å². The SMILES string of the molecule is O=C(/C=C/c1ccc(F)cc1)Nc1nccs1. The number of halogens is 1. The minimum Gasteiger partial charge on any atom is -0.298 e. The van der Waals surface area contributed by atoms with Gasteiger partial charge < -0.3 is 0 Å². The third kappa shape index (κ3) is 3.49. The van der Waals surface area contributed by atoms with Crippen molar-refractivity contribution in [2.45, 2.75) is 0 Å². The quantitative estimate of drug-likeness (QED) is 0.848. The Bertz CT molecular complexity index is 520. The maximum absolute atomic E-state index is 12.6. The fraction of sp³-hybridized carbons (Fsp3) is 0. The molecule has 0 unspecified atom stereocenters. The van der Waals surface area contributed by atoms with Crippen LogP contribution >= 0.6 is 11.3 Å². The summed E-state index contributed by atoms with van der Waals surface area (Å²) in [6.45, 7) is 0. The van der Waals surface area contributed by atoms with Gasteiger partial charge >= 0.3 is 0 Å². The van der Waals surface area contributed by atoms with E-state index in [1.165, 1.54) is 29.5 Å². The van der Waals surface area contributed by atoms with Gasteiger partial charge in [-0.15, -0.1) is 11.3 Å². The molecule has 0 saturated carbocycles. The van der Waals surface area contributed by atoms with Crippen molar-refractivity contribution in [3.8, 4) is 0 Å². The van der Waals surface area contributed by atoms with Crippen LogP contribution in [0.25, 0.3) is 6.08 Å². The largest absolute Gasteiger partial charge is 0.298 e. The first-order valence-corrected chi connectivity index (χ1v) is 5.76. The van der Waals surface area contributed by atoms with E-state index in [1.54, 1.807) is 29.8 Å². The van der Waals surface area contributed by atoms with Gasteiger partial charge in [0.05, 0.1) is 0 Å². The van der Waals surface area contributed by atoms with Gasteiger partial charge in [-0.3, -0.25) is 10.1 Å². The van der Waals surface area contributed by atoms with Crippen molar-refractivity contribution in [1.29, 1.82) is 0 Å². The number of thiazole rings is 1. The zero-order valence-corrected chi connectivity index (χ0v) is 9.58. The molecule has 86 valence electrons. The average molecular weight is 248 g/mol. The molecular weight excluding hydrogens is 239 g/mol. The van der Waals surface area contributed by atoms with Crippen LogP contribution in [0.3, 0.4) is 0 Å². The molecule has 0 atom stereocenters. The first-order chi connectivity index (χ1) is 8.24. The highest BCUT2D eigenvalue weighted by molar-refractivity contribution is 7.13. The summed E-state index contributed by atoms with van der Waals surface area (Å²) in [4.78, 5) is 15.4. The molecule has 5 heteroatoms. The summed E-state index contributed by atoms with van der Waals surface area (Å²) in [7, 11) is 0. The molecule has 2 aromatic rings. The first-order valence-electron chi connectivity index (χ1n) is 4.88. The van der Waals surface area contributed by atoms with Gasteiger partial charge in [0.1, 0.15) is 5.82 Å². The number of benzene rings is 1. The first kappa shape index (κ1) is 11.5. The molecule has 0 radical (unpaired) electrons. The highest BCUT2D eigenvalue weighted by atomic mass is 32.1. The molecule has 1 heterocycles. The number of carbonyl (C=O) groups is 1. The van der Waals surface area contributed by atoms with E-state index in [0.717, 1.165) is 5.56 Å². The van der Waals surface area contributed by atoms with Crippen LogP contribution in [0.4, 0.5) is 9.52 Å². The van der Waals surface area contributed by atoms with Gasteiger partial charge in [-0.05, 0) is 23.8 Å². The number of nitrogens with zero attached hydrogens (tertiary/aromatic N) is 1. The molecule has 0 saturated heterocycles. The lowest BCUT2D eigenvalue weighted by atomic mass is 10.2. The summed E-state index contributed by atoms with van der Waals surface area (Å²) in [5, 5.41) is 4.94. The molecule has 2 rings (SSSR count). The monoisotopic (exact) mass is 248 g/mol. The van der Waals surface area contributed by atoms with E-state index in [0.29, 0.717) is 5.13 Å². The van der Waals surface area contributed by atoms with Crippen LogP contribution in [0.1, 0.15) is 5.56 Å². The van der Waals surface area contributed by atoms with Crippen molar-refractivity contribution >= 4 is 28.5 Å². The van der Waals surface area contributed by atoms with Gasteiger partial charge in [-0.25, -0.2) is 9.37 Å². The van der Waals surface area contributed by atoms with E-state index in [-0.39, 0.29) is 11.7 Å². The third-order valence-corrected chi connectivity index (χ3v) is 2.65. The van der Waals surface area contributed by atoms with Crippen molar-refractivity contribution in [3.63, 3.8) is 0 Å². The van der Waals surface area contributed by atoms with Gasteiger partial charge in [-0.2, -0.15) is 0 Å². The summed E-state index contributed by atoms with van der Waals surface area (Å²) in [6.07, 6.45) is 4.61. The second kappa shape index (κ2) is 5.36. The molecule has 0 aliphatic rings. The predicted octanol–water partition coefficient (Wildman–Crippen LogP) is 2.93. The number of anilines is 1. The average Bonchev–Trinajstić information content (AvgIpc) is 2.81. The lowest BCUT2D eigenvalue weighted by molar-refractivity contribution is -0.111.